The Bertz CT molecular complexity index is 390. The van der Waals surface area contributed by atoms with Gasteiger partial charge in [0.2, 0.25) is 0 Å². The molecule has 1 heterocycles. The van der Waals surface area contributed by atoms with Crippen LogP contribution in [0.1, 0.15) is 38.7 Å². The second kappa shape index (κ2) is 4.59. The summed E-state index contributed by atoms with van der Waals surface area (Å²) in [5.74, 6) is 0. The van der Waals surface area contributed by atoms with Crippen molar-refractivity contribution in [3.05, 3.63) is 23.8 Å². The summed E-state index contributed by atoms with van der Waals surface area (Å²) in [6.45, 7) is 9.17. The van der Waals surface area contributed by atoms with E-state index in [2.05, 4.69) is 37.8 Å². The van der Waals surface area contributed by atoms with Crippen molar-refractivity contribution in [3.63, 3.8) is 0 Å². The highest BCUT2D eigenvalue weighted by Crippen LogP contribution is 2.36. The number of nitrogens with zero attached hydrogens (tertiary/aromatic N) is 1. The summed E-state index contributed by atoms with van der Waals surface area (Å²) in [5.41, 5.74) is 9.99. The van der Waals surface area contributed by atoms with Crippen molar-refractivity contribution in [2.75, 3.05) is 23.7 Å². The maximum atomic E-state index is 5.98. The minimum atomic E-state index is 0.546. The van der Waals surface area contributed by atoms with Crippen LogP contribution in [0.5, 0.6) is 0 Å². The van der Waals surface area contributed by atoms with Crippen molar-refractivity contribution in [1.29, 1.82) is 0 Å². The first kappa shape index (κ1) is 12.3. The Kier molecular flexibility index (Phi) is 3.32. The molecule has 0 spiro atoms. The number of hydrogen-bond acceptors (Lipinski definition) is 2. The molecule has 0 aliphatic carbocycles. The molecular formula is C15H24N2. The van der Waals surface area contributed by atoms with E-state index in [1.54, 1.807) is 0 Å². The number of rotatable bonds is 2. The summed E-state index contributed by atoms with van der Waals surface area (Å²) in [5, 5.41) is 0. The van der Waals surface area contributed by atoms with Gasteiger partial charge in [-0.1, -0.05) is 26.3 Å². The standard InChI is InChI=1S/C15H24N2/c1-4-15(3)8-10-17(11-9-15)14-7-5-6-13(16)12(14)2/h5-7H,4,8-11,16H2,1-3H3. The number of piperidine rings is 1. The normalized spacial score (nSPS) is 19.4. The fourth-order valence-electron chi connectivity index (χ4n) is 2.62. The Labute approximate surface area is 105 Å². The van der Waals surface area contributed by atoms with Crippen LogP contribution in [-0.4, -0.2) is 13.1 Å². The monoisotopic (exact) mass is 232 g/mol. The van der Waals surface area contributed by atoms with Crippen molar-refractivity contribution in [2.45, 2.75) is 40.0 Å². The molecule has 2 rings (SSSR count). The lowest BCUT2D eigenvalue weighted by Gasteiger charge is -2.40. The van der Waals surface area contributed by atoms with Gasteiger partial charge >= 0.3 is 0 Å². The van der Waals surface area contributed by atoms with Gasteiger partial charge in [-0.3, -0.25) is 0 Å². The first-order chi connectivity index (χ1) is 8.06. The van der Waals surface area contributed by atoms with Crippen LogP contribution < -0.4 is 10.6 Å². The second-order valence-corrected chi connectivity index (χ2v) is 5.64. The van der Waals surface area contributed by atoms with Crippen molar-refractivity contribution < 1.29 is 0 Å². The van der Waals surface area contributed by atoms with Crippen molar-refractivity contribution in [1.82, 2.24) is 0 Å². The van der Waals surface area contributed by atoms with Crippen LogP contribution in [0.3, 0.4) is 0 Å². The average Bonchev–Trinajstić information content (AvgIpc) is 2.34. The molecule has 1 aliphatic heterocycles. The molecule has 2 nitrogen and oxygen atoms in total. The van der Waals surface area contributed by atoms with Crippen LogP contribution >= 0.6 is 0 Å². The van der Waals surface area contributed by atoms with Gasteiger partial charge in [0.15, 0.2) is 0 Å². The zero-order valence-corrected chi connectivity index (χ0v) is 11.3. The van der Waals surface area contributed by atoms with Crippen LogP contribution in [0, 0.1) is 12.3 Å². The molecule has 0 unspecified atom stereocenters. The van der Waals surface area contributed by atoms with E-state index in [1.165, 1.54) is 30.5 Å². The van der Waals surface area contributed by atoms with E-state index in [9.17, 15) is 0 Å². The predicted octanol–water partition coefficient (Wildman–Crippen LogP) is 3.59. The lowest BCUT2D eigenvalue weighted by atomic mass is 9.78. The van der Waals surface area contributed by atoms with Gasteiger partial charge in [-0.05, 0) is 42.9 Å². The topological polar surface area (TPSA) is 29.3 Å². The van der Waals surface area contributed by atoms with Crippen LogP contribution in [-0.2, 0) is 0 Å². The van der Waals surface area contributed by atoms with E-state index in [0.717, 1.165) is 18.8 Å². The highest BCUT2D eigenvalue weighted by Gasteiger charge is 2.28. The highest BCUT2D eigenvalue weighted by atomic mass is 15.1. The third kappa shape index (κ3) is 2.41. The molecule has 0 atom stereocenters. The maximum Gasteiger partial charge on any atom is 0.0416 e. The van der Waals surface area contributed by atoms with Crippen molar-refractivity contribution in [3.8, 4) is 0 Å². The summed E-state index contributed by atoms with van der Waals surface area (Å²) >= 11 is 0. The zero-order valence-electron chi connectivity index (χ0n) is 11.3. The lowest BCUT2D eigenvalue weighted by molar-refractivity contribution is 0.238. The minimum absolute atomic E-state index is 0.546. The Morgan fingerprint density at radius 3 is 2.53 bits per heavy atom. The average molecular weight is 232 g/mol. The number of nitrogens with two attached hydrogens (primary N) is 1. The second-order valence-electron chi connectivity index (χ2n) is 5.64. The van der Waals surface area contributed by atoms with Gasteiger partial charge in [0.25, 0.3) is 0 Å². The van der Waals surface area contributed by atoms with Crippen LogP contribution in [0.2, 0.25) is 0 Å². The lowest BCUT2D eigenvalue weighted by Crippen LogP contribution is -2.38. The van der Waals surface area contributed by atoms with Crippen LogP contribution in [0.4, 0.5) is 11.4 Å². The summed E-state index contributed by atoms with van der Waals surface area (Å²) < 4.78 is 0. The third-order valence-electron chi connectivity index (χ3n) is 4.51. The smallest absolute Gasteiger partial charge is 0.0416 e. The summed E-state index contributed by atoms with van der Waals surface area (Å²) in [6.07, 6.45) is 3.87. The fraction of sp³-hybridized carbons (Fsp3) is 0.600. The van der Waals surface area contributed by atoms with E-state index in [0.29, 0.717) is 5.41 Å². The summed E-state index contributed by atoms with van der Waals surface area (Å²) in [7, 11) is 0. The molecule has 0 radical (unpaired) electrons. The summed E-state index contributed by atoms with van der Waals surface area (Å²) in [4.78, 5) is 2.49. The van der Waals surface area contributed by atoms with Gasteiger partial charge in [-0.15, -0.1) is 0 Å². The fourth-order valence-corrected chi connectivity index (χ4v) is 2.62. The van der Waals surface area contributed by atoms with Gasteiger partial charge in [0, 0.05) is 24.5 Å². The molecule has 1 fully saturated rings. The van der Waals surface area contributed by atoms with Gasteiger partial charge < -0.3 is 10.6 Å². The van der Waals surface area contributed by atoms with E-state index >= 15 is 0 Å². The van der Waals surface area contributed by atoms with Gasteiger partial charge in [-0.2, -0.15) is 0 Å². The first-order valence-electron chi connectivity index (χ1n) is 6.66. The molecule has 17 heavy (non-hydrogen) atoms. The number of anilines is 2. The Balaban J connectivity index is 2.13. The first-order valence-corrected chi connectivity index (χ1v) is 6.66. The van der Waals surface area contributed by atoms with E-state index < -0.39 is 0 Å². The van der Waals surface area contributed by atoms with E-state index in [-0.39, 0.29) is 0 Å². The molecule has 2 N–H and O–H groups in total. The molecule has 0 saturated carbocycles. The zero-order chi connectivity index (χ0) is 12.5. The Morgan fingerprint density at radius 2 is 1.94 bits per heavy atom. The number of nitrogen functional groups attached to an aromatic ring is 1. The van der Waals surface area contributed by atoms with Gasteiger partial charge in [0.1, 0.15) is 0 Å². The predicted molar refractivity (Wildman–Crippen MR) is 75.4 cm³/mol. The molecule has 0 aromatic heterocycles. The van der Waals surface area contributed by atoms with Gasteiger partial charge in [-0.25, -0.2) is 0 Å². The SMILES string of the molecule is CCC1(C)CCN(c2cccc(N)c2C)CC1. The van der Waals surface area contributed by atoms with E-state index in [1.807, 2.05) is 6.07 Å². The number of hydrogen-bond donors (Lipinski definition) is 1. The van der Waals surface area contributed by atoms with Crippen molar-refractivity contribution >= 4 is 11.4 Å². The molecule has 0 amide bonds. The third-order valence-corrected chi connectivity index (χ3v) is 4.51. The van der Waals surface area contributed by atoms with Crippen LogP contribution in [0.25, 0.3) is 0 Å². The molecule has 1 aromatic carbocycles. The molecule has 94 valence electrons. The molecule has 2 heteroatoms. The van der Waals surface area contributed by atoms with Gasteiger partial charge in [0.05, 0.1) is 0 Å². The molecular weight excluding hydrogens is 208 g/mol. The number of benzene rings is 1. The quantitative estimate of drug-likeness (QED) is 0.789. The molecule has 0 bridgehead atoms. The largest absolute Gasteiger partial charge is 0.398 e. The molecule has 1 saturated heterocycles. The molecule has 1 aromatic rings. The molecule has 1 aliphatic rings. The van der Waals surface area contributed by atoms with Crippen LogP contribution in [0.15, 0.2) is 18.2 Å². The van der Waals surface area contributed by atoms with E-state index in [4.69, 9.17) is 5.73 Å². The summed E-state index contributed by atoms with van der Waals surface area (Å²) in [6, 6.07) is 6.24. The minimum Gasteiger partial charge on any atom is -0.398 e. The Morgan fingerprint density at radius 1 is 1.29 bits per heavy atom. The highest BCUT2D eigenvalue weighted by molar-refractivity contribution is 5.64. The Hall–Kier alpha value is -1.18. The van der Waals surface area contributed by atoms with Crippen molar-refractivity contribution in [2.24, 2.45) is 5.41 Å². The maximum absolute atomic E-state index is 5.98.